The Bertz CT molecular complexity index is 597. The first-order valence-corrected chi connectivity index (χ1v) is 7.89. The molecule has 0 amide bonds. The van der Waals surface area contributed by atoms with Gasteiger partial charge < -0.3 is 9.26 Å². The largest absolute Gasteiger partial charge is 0.371 e. The Morgan fingerprint density at radius 2 is 1.95 bits per heavy atom. The first-order chi connectivity index (χ1) is 10.6. The molecule has 0 saturated carbocycles. The van der Waals surface area contributed by atoms with E-state index in [0.29, 0.717) is 5.89 Å². The van der Waals surface area contributed by atoms with Gasteiger partial charge in [0.15, 0.2) is 5.82 Å². The smallest absolute Gasteiger partial charge is 0.243 e. The van der Waals surface area contributed by atoms with E-state index in [1.165, 1.54) is 5.56 Å². The van der Waals surface area contributed by atoms with Crippen molar-refractivity contribution in [3.05, 3.63) is 47.6 Å². The van der Waals surface area contributed by atoms with Crippen molar-refractivity contribution in [1.29, 1.82) is 0 Å². The van der Waals surface area contributed by atoms with E-state index in [9.17, 15) is 0 Å². The molecule has 5 heteroatoms. The highest BCUT2D eigenvalue weighted by molar-refractivity contribution is 5.18. The molecule has 22 heavy (non-hydrogen) atoms. The van der Waals surface area contributed by atoms with Crippen molar-refractivity contribution in [2.45, 2.75) is 38.8 Å². The lowest BCUT2D eigenvalue weighted by atomic mass is 10.1. The summed E-state index contributed by atoms with van der Waals surface area (Å²) in [6.45, 7) is 8.69. The van der Waals surface area contributed by atoms with Gasteiger partial charge >= 0.3 is 0 Å². The van der Waals surface area contributed by atoms with Gasteiger partial charge in [-0.15, -0.1) is 0 Å². The molecule has 2 heterocycles. The third kappa shape index (κ3) is 3.20. The van der Waals surface area contributed by atoms with Gasteiger partial charge in [0.25, 0.3) is 0 Å². The number of hydrogen-bond donors (Lipinski definition) is 0. The maximum Gasteiger partial charge on any atom is 0.243 e. The van der Waals surface area contributed by atoms with Crippen molar-refractivity contribution in [3.8, 4) is 0 Å². The van der Waals surface area contributed by atoms with Crippen molar-refractivity contribution in [2.24, 2.45) is 0 Å². The van der Waals surface area contributed by atoms with Crippen molar-refractivity contribution in [3.63, 3.8) is 0 Å². The van der Waals surface area contributed by atoms with Gasteiger partial charge in [-0.05, 0) is 12.5 Å². The van der Waals surface area contributed by atoms with Gasteiger partial charge in [-0.2, -0.15) is 4.98 Å². The summed E-state index contributed by atoms with van der Waals surface area (Å²) in [6, 6.07) is 10.5. The lowest BCUT2D eigenvalue weighted by Crippen LogP contribution is -2.40. The highest BCUT2D eigenvalue weighted by Gasteiger charge is 2.28. The minimum atomic E-state index is 0.102. The average Bonchev–Trinajstić information content (AvgIpc) is 3.05. The van der Waals surface area contributed by atoms with E-state index in [4.69, 9.17) is 9.26 Å². The third-order valence-electron chi connectivity index (χ3n) is 4.15. The average molecular weight is 301 g/mol. The Balaban J connectivity index is 1.71. The van der Waals surface area contributed by atoms with Crippen LogP contribution in [0, 0.1) is 0 Å². The fraction of sp³-hybridized carbons (Fsp3) is 0.529. The molecule has 0 bridgehead atoms. The van der Waals surface area contributed by atoms with Crippen LogP contribution in [0.3, 0.4) is 0 Å². The summed E-state index contributed by atoms with van der Waals surface area (Å²) in [7, 11) is 0. The quantitative estimate of drug-likeness (QED) is 0.867. The van der Waals surface area contributed by atoms with Crippen LogP contribution < -0.4 is 0 Å². The number of nitrogens with zero attached hydrogens (tertiary/aromatic N) is 3. The van der Waals surface area contributed by atoms with E-state index in [2.05, 4.69) is 47.9 Å². The van der Waals surface area contributed by atoms with Crippen molar-refractivity contribution >= 4 is 0 Å². The number of hydrogen-bond acceptors (Lipinski definition) is 5. The Hall–Kier alpha value is -1.72. The van der Waals surface area contributed by atoms with E-state index in [-0.39, 0.29) is 18.1 Å². The number of aromatic nitrogens is 2. The van der Waals surface area contributed by atoms with Crippen LogP contribution in [0.1, 0.15) is 56.1 Å². The highest BCUT2D eigenvalue weighted by Crippen LogP contribution is 2.28. The summed E-state index contributed by atoms with van der Waals surface area (Å²) in [5.41, 5.74) is 1.22. The molecule has 1 saturated heterocycles. The van der Waals surface area contributed by atoms with Crippen LogP contribution >= 0.6 is 0 Å². The zero-order chi connectivity index (χ0) is 15.5. The number of ether oxygens (including phenoxy) is 1. The lowest BCUT2D eigenvalue weighted by Gasteiger charge is -2.35. The molecule has 1 aromatic heterocycles. The number of rotatable bonds is 4. The standard InChI is InChI=1S/C17H23N3O2/c1-12(2)16-18-17(22-19-16)13(3)20-9-10-21-15(11-20)14-7-5-4-6-8-14/h4-8,12-13,15H,9-11H2,1-3H3/t13-,15-/m1/s1. The lowest BCUT2D eigenvalue weighted by molar-refractivity contribution is -0.0469. The van der Waals surface area contributed by atoms with Gasteiger partial charge in [-0.25, -0.2) is 0 Å². The normalized spacial score (nSPS) is 21.2. The van der Waals surface area contributed by atoms with E-state index >= 15 is 0 Å². The molecule has 0 aliphatic carbocycles. The summed E-state index contributed by atoms with van der Waals surface area (Å²) < 4.78 is 11.4. The molecule has 1 fully saturated rings. The summed E-state index contributed by atoms with van der Waals surface area (Å²) >= 11 is 0. The van der Waals surface area contributed by atoms with Crippen molar-refractivity contribution in [1.82, 2.24) is 15.0 Å². The molecule has 1 aromatic carbocycles. The molecule has 2 aromatic rings. The predicted molar refractivity (Wildman–Crippen MR) is 83.5 cm³/mol. The molecule has 0 spiro atoms. The minimum Gasteiger partial charge on any atom is -0.371 e. The Kier molecular flexibility index (Phi) is 4.55. The number of morpholine rings is 1. The molecule has 118 valence electrons. The molecular weight excluding hydrogens is 278 g/mol. The molecule has 3 rings (SSSR count). The van der Waals surface area contributed by atoms with Crippen LogP contribution in [-0.4, -0.2) is 34.7 Å². The molecule has 1 aliphatic rings. The summed E-state index contributed by atoms with van der Waals surface area (Å²) in [5.74, 6) is 1.75. The van der Waals surface area contributed by atoms with Gasteiger partial charge in [0.1, 0.15) is 0 Å². The molecule has 0 unspecified atom stereocenters. The third-order valence-corrected chi connectivity index (χ3v) is 4.15. The minimum absolute atomic E-state index is 0.102. The van der Waals surface area contributed by atoms with Gasteiger partial charge in [0.05, 0.1) is 18.8 Å². The zero-order valence-corrected chi connectivity index (χ0v) is 13.4. The SMILES string of the molecule is CC(C)c1noc([C@@H](C)N2CCO[C@@H](c3ccccc3)C2)n1. The fourth-order valence-electron chi connectivity index (χ4n) is 2.70. The molecule has 0 N–H and O–H groups in total. The van der Waals surface area contributed by atoms with Gasteiger partial charge in [0, 0.05) is 19.0 Å². The second-order valence-corrected chi connectivity index (χ2v) is 6.09. The van der Waals surface area contributed by atoms with Crippen LogP contribution in [0.4, 0.5) is 0 Å². The fourth-order valence-corrected chi connectivity index (χ4v) is 2.70. The maximum atomic E-state index is 5.92. The molecule has 5 nitrogen and oxygen atoms in total. The van der Waals surface area contributed by atoms with Crippen LogP contribution in [0.15, 0.2) is 34.9 Å². The van der Waals surface area contributed by atoms with E-state index < -0.39 is 0 Å². The molecule has 1 aliphatic heterocycles. The van der Waals surface area contributed by atoms with Gasteiger partial charge in [-0.1, -0.05) is 49.3 Å². The molecule has 2 atom stereocenters. The Morgan fingerprint density at radius 1 is 1.18 bits per heavy atom. The van der Waals surface area contributed by atoms with Gasteiger partial charge in [0.2, 0.25) is 5.89 Å². The van der Waals surface area contributed by atoms with Crippen LogP contribution in [0.5, 0.6) is 0 Å². The second-order valence-electron chi connectivity index (χ2n) is 6.09. The van der Waals surface area contributed by atoms with Gasteiger partial charge in [-0.3, -0.25) is 4.90 Å². The van der Waals surface area contributed by atoms with E-state index in [1.807, 2.05) is 18.2 Å². The topological polar surface area (TPSA) is 51.4 Å². The second kappa shape index (κ2) is 6.58. The molecular formula is C17H23N3O2. The Labute approximate surface area is 131 Å². The summed E-state index contributed by atoms with van der Waals surface area (Å²) in [5, 5.41) is 4.06. The van der Waals surface area contributed by atoms with E-state index in [0.717, 1.165) is 25.5 Å². The monoisotopic (exact) mass is 301 g/mol. The highest BCUT2D eigenvalue weighted by atomic mass is 16.5. The summed E-state index contributed by atoms with van der Waals surface area (Å²) in [4.78, 5) is 6.87. The summed E-state index contributed by atoms with van der Waals surface area (Å²) in [6.07, 6.45) is 0.102. The Morgan fingerprint density at radius 3 is 2.64 bits per heavy atom. The first-order valence-electron chi connectivity index (χ1n) is 7.89. The van der Waals surface area contributed by atoms with Crippen LogP contribution in [0.2, 0.25) is 0 Å². The predicted octanol–water partition coefficient (Wildman–Crippen LogP) is 3.33. The van der Waals surface area contributed by atoms with Crippen molar-refractivity contribution < 1.29 is 9.26 Å². The number of benzene rings is 1. The zero-order valence-electron chi connectivity index (χ0n) is 13.4. The molecule has 0 radical (unpaired) electrons. The van der Waals surface area contributed by atoms with Crippen LogP contribution in [0.25, 0.3) is 0 Å². The first kappa shape index (κ1) is 15.2. The maximum absolute atomic E-state index is 5.92. The van der Waals surface area contributed by atoms with Crippen molar-refractivity contribution in [2.75, 3.05) is 19.7 Å². The van der Waals surface area contributed by atoms with E-state index in [1.54, 1.807) is 0 Å². The van der Waals surface area contributed by atoms with Crippen LogP contribution in [-0.2, 0) is 4.74 Å².